The second-order valence-corrected chi connectivity index (χ2v) is 3.58. The molecule has 0 aliphatic heterocycles. The van der Waals surface area contributed by atoms with Gasteiger partial charge in [-0.25, -0.2) is 0 Å². The lowest BCUT2D eigenvalue weighted by Crippen LogP contribution is -2.34. The number of hydrogen-bond acceptors (Lipinski definition) is 4. The zero-order valence-electron chi connectivity index (χ0n) is 10.1. The van der Waals surface area contributed by atoms with Gasteiger partial charge in [0, 0.05) is 20.2 Å². The predicted octanol–water partition coefficient (Wildman–Crippen LogP) is 1.59. The lowest BCUT2D eigenvalue weighted by Gasteiger charge is -2.20. The Morgan fingerprint density at radius 2 is 2.35 bits per heavy atom. The molecule has 1 heterocycles. The van der Waals surface area contributed by atoms with Crippen molar-refractivity contribution in [3.05, 3.63) is 23.7 Å². The molecular formula is C12H16N2O3. The maximum absolute atomic E-state index is 12.1. The first-order valence-corrected chi connectivity index (χ1v) is 5.40. The van der Waals surface area contributed by atoms with Gasteiger partial charge in [0.15, 0.2) is 0 Å². The molecule has 0 saturated heterocycles. The molecule has 0 saturated carbocycles. The normalized spacial score (nSPS) is 9.94. The van der Waals surface area contributed by atoms with Crippen molar-refractivity contribution in [2.45, 2.75) is 13.3 Å². The topological polar surface area (TPSA) is 66.5 Å². The van der Waals surface area contributed by atoms with Crippen LogP contribution < -0.4 is 0 Å². The Bertz CT molecular complexity index is 406. The Hall–Kier alpha value is -1.80. The van der Waals surface area contributed by atoms with Crippen molar-refractivity contribution in [2.75, 3.05) is 26.8 Å². The van der Waals surface area contributed by atoms with Gasteiger partial charge in [-0.15, -0.1) is 0 Å². The van der Waals surface area contributed by atoms with Crippen molar-refractivity contribution in [3.8, 4) is 6.07 Å². The van der Waals surface area contributed by atoms with Crippen molar-refractivity contribution in [1.82, 2.24) is 4.90 Å². The van der Waals surface area contributed by atoms with Crippen LogP contribution in [-0.4, -0.2) is 37.6 Å². The van der Waals surface area contributed by atoms with Gasteiger partial charge in [0.25, 0.3) is 5.91 Å². The summed E-state index contributed by atoms with van der Waals surface area (Å²) in [5.74, 6) is 0.470. The molecule has 0 unspecified atom stereocenters. The van der Waals surface area contributed by atoms with Gasteiger partial charge < -0.3 is 14.1 Å². The molecule has 0 fully saturated rings. The van der Waals surface area contributed by atoms with Gasteiger partial charge >= 0.3 is 0 Å². The largest absolute Gasteiger partial charge is 0.469 e. The van der Waals surface area contributed by atoms with Gasteiger partial charge in [-0.1, -0.05) is 0 Å². The van der Waals surface area contributed by atoms with Crippen LogP contribution in [0.5, 0.6) is 0 Å². The molecule has 92 valence electrons. The van der Waals surface area contributed by atoms with Gasteiger partial charge in [-0.3, -0.25) is 4.79 Å². The summed E-state index contributed by atoms with van der Waals surface area (Å²) in [4.78, 5) is 13.7. The average Bonchev–Trinajstić information content (AvgIpc) is 2.75. The van der Waals surface area contributed by atoms with E-state index in [-0.39, 0.29) is 5.91 Å². The Morgan fingerprint density at radius 1 is 1.59 bits per heavy atom. The summed E-state index contributed by atoms with van der Waals surface area (Å²) in [6, 6.07) is 3.67. The lowest BCUT2D eigenvalue weighted by molar-refractivity contribution is 0.0698. The van der Waals surface area contributed by atoms with Gasteiger partial charge in [0.1, 0.15) is 5.76 Å². The number of nitrogens with zero attached hydrogens (tertiary/aromatic N) is 2. The Kier molecular flexibility index (Phi) is 5.24. The van der Waals surface area contributed by atoms with Crippen molar-refractivity contribution in [2.24, 2.45) is 0 Å². The van der Waals surface area contributed by atoms with E-state index in [1.54, 1.807) is 25.0 Å². The third-order valence-electron chi connectivity index (χ3n) is 2.44. The first kappa shape index (κ1) is 13.3. The van der Waals surface area contributed by atoms with E-state index in [2.05, 4.69) is 0 Å². The molecule has 5 heteroatoms. The van der Waals surface area contributed by atoms with Crippen LogP contribution in [0, 0.1) is 18.3 Å². The number of hydrogen-bond donors (Lipinski definition) is 0. The summed E-state index contributed by atoms with van der Waals surface area (Å²) >= 11 is 0. The number of furan rings is 1. The molecule has 1 rings (SSSR count). The van der Waals surface area contributed by atoms with Crippen LogP contribution in [-0.2, 0) is 4.74 Å². The number of nitriles is 1. The lowest BCUT2D eigenvalue weighted by atomic mass is 10.2. The van der Waals surface area contributed by atoms with E-state index >= 15 is 0 Å². The standard InChI is InChI=1S/C12H16N2O3/c1-10-11(4-8-17-10)12(15)14(6-3-5-13)7-9-16-2/h4,8H,3,6-7,9H2,1-2H3. The zero-order valence-corrected chi connectivity index (χ0v) is 10.1. The minimum Gasteiger partial charge on any atom is -0.469 e. The summed E-state index contributed by atoms with van der Waals surface area (Å²) in [5, 5.41) is 8.57. The molecule has 0 N–H and O–H groups in total. The number of aryl methyl sites for hydroxylation is 1. The smallest absolute Gasteiger partial charge is 0.257 e. The summed E-state index contributed by atoms with van der Waals surface area (Å²) in [5.41, 5.74) is 0.541. The number of ether oxygens (including phenoxy) is 1. The van der Waals surface area contributed by atoms with Crippen molar-refractivity contribution in [1.29, 1.82) is 5.26 Å². The molecule has 0 bridgehead atoms. The first-order valence-electron chi connectivity index (χ1n) is 5.40. The van der Waals surface area contributed by atoms with E-state index in [1.807, 2.05) is 6.07 Å². The van der Waals surface area contributed by atoms with E-state index in [0.717, 1.165) is 0 Å². The van der Waals surface area contributed by atoms with Gasteiger partial charge in [0.05, 0.1) is 30.9 Å². The summed E-state index contributed by atoms with van der Waals surface area (Å²) in [6.07, 6.45) is 1.80. The maximum atomic E-state index is 12.1. The van der Waals surface area contributed by atoms with Crippen LogP contribution in [0.1, 0.15) is 22.5 Å². The maximum Gasteiger partial charge on any atom is 0.257 e. The highest BCUT2D eigenvalue weighted by molar-refractivity contribution is 5.95. The molecule has 1 aromatic rings. The van der Waals surface area contributed by atoms with Gasteiger partial charge in [0.2, 0.25) is 0 Å². The Balaban J connectivity index is 2.72. The number of amides is 1. The van der Waals surface area contributed by atoms with E-state index in [1.165, 1.54) is 6.26 Å². The number of carbonyl (C=O) groups is 1. The van der Waals surface area contributed by atoms with E-state index in [0.29, 0.717) is 37.4 Å². The highest BCUT2D eigenvalue weighted by atomic mass is 16.5. The minimum absolute atomic E-state index is 0.122. The second-order valence-electron chi connectivity index (χ2n) is 3.58. The fraction of sp³-hybridized carbons (Fsp3) is 0.500. The van der Waals surface area contributed by atoms with Crippen molar-refractivity contribution < 1.29 is 13.9 Å². The van der Waals surface area contributed by atoms with Crippen LogP contribution in [0.15, 0.2) is 16.7 Å². The van der Waals surface area contributed by atoms with E-state index in [9.17, 15) is 4.79 Å². The fourth-order valence-electron chi connectivity index (χ4n) is 1.48. The van der Waals surface area contributed by atoms with Crippen LogP contribution in [0.2, 0.25) is 0 Å². The Morgan fingerprint density at radius 3 is 2.88 bits per heavy atom. The molecule has 0 aliphatic rings. The van der Waals surface area contributed by atoms with Crippen LogP contribution >= 0.6 is 0 Å². The summed E-state index contributed by atoms with van der Waals surface area (Å²) < 4.78 is 10.1. The molecule has 0 aliphatic carbocycles. The molecule has 5 nitrogen and oxygen atoms in total. The third kappa shape index (κ3) is 3.61. The molecule has 1 aromatic heterocycles. The molecule has 0 aromatic carbocycles. The van der Waals surface area contributed by atoms with Crippen molar-refractivity contribution >= 4 is 5.91 Å². The molecular weight excluding hydrogens is 220 g/mol. The summed E-state index contributed by atoms with van der Waals surface area (Å²) in [6.45, 7) is 3.07. The number of methoxy groups -OCH3 is 1. The van der Waals surface area contributed by atoms with Crippen LogP contribution in [0.4, 0.5) is 0 Å². The number of carbonyl (C=O) groups excluding carboxylic acids is 1. The fourth-order valence-corrected chi connectivity index (χ4v) is 1.48. The molecule has 1 amide bonds. The molecule has 0 atom stereocenters. The highest BCUT2D eigenvalue weighted by Crippen LogP contribution is 2.12. The molecule has 0 radical (unpaired) electrons. The Labute approximate surface area is 101 Å². The SMILES string of the molecule is COCCN(CCC#N)C(=O)c1ccoc1C. The average molecular weight is 236 g/mol. The third-order valence-corrected chi connectivity index (χ3v) is 2.44. The van der Waals surface area contributed by atoms with Crippen molar-refractivity contribution in [3.63, 3.8) is 0 Å². The van der Waals surface area contributed by atoms with Crippen LogP contribution in [0.25, 0.3) is 0 Å². The predicted molar refractivity (Wildman–Crippen MR) is 61.5 cm³/mol. The quantitative estimate of drug-likeness (QED) is 0.752. The second kappa shape index (κ2) is 6.71. The highest BCUT2D eigenvalue weighted by Gasteiger charge is 2.18. The van der Waals surface area contributed by atoms with Gasteiger partial charge in [-0.2, -0.15) is 5.26 Å². The van der Waals surface area contributed by atoms with E-state index in [4.69, 9.17) is 14.4 Å². The number of rotatable bonds is 6. The first-order chi connectivity index (χ1) is 8.20. The van der Waals surface area contributed by atoms with E-state index < -0.39 is 0 Å². The van der Waals surface area contributed by atoms with Crippen LogP contribution in [0.3, 0.4) is 0 Å². The molecule has 0 spiro atoms. The summed E-state index contributed by atoms with van der Waals surface area (Å²) in [7, 11) is 1.58. The minimum atomic E-state index is -0.122. The zero-order chi connectivity index (χ0) is 12.7. The monoisotopic (exact) mass is 236 g/mol. The van der Waals surface area contributed by atoms with Gasteiger partial charge in [-0.05, 0) is 13.0 Å². The molecule has 17 heavy (non-hydrogen) atoms.